The largest absolute Gasteiger partial charge is 0.404 e. The van der Waals surface area contributed by atoms with Crippen LogP contribution in [0.5, 0.6) is 0 Å². The molecule has 1 aromatic rings. The monoisotopic (exact) mass is 396 g/mol. The number of aromatic amines is 1. The van der Waals surface area contributed by atoms with Crippen LogP contribution in [0.15, 0.2) is 48.2 Å². The quantitative estimate of drug-likeness (QED) is 0.285. The van der Waals surface area contributed by atoms with Gasteiger partial charge >= 0.3 is 0 Å². The van der Waals surface area contributed by atoms with Crippen molar-refractivity contribution in [2.75, 3.05) is 0 Å². The van der Waals surface area contributed by atoms with E-state index in [-0.39, 0.29) is 11.7 Å². The summed E-state index contributed by atoms with van der Waals surface area (Å²) < 4.78 is 0. The van der Waals surface area contributed by atoms with Crippen LogP contribution in [-0.4, -0.2) is 22.2 Å². The molecule has 1 aromatic heterocycles. The van der Waals surface area contributed by atoms with Crippen LogP contribution in [0.2, 0.25) is 0 Å². The third-order valence-corrected chi connectivity index (χ3v) is 4.76. The molecule has 0 saturated carbocycles. The summed E-state index contributed by atoms with van der Waals surface area (Å²) in [5.41, 5.74) is 9.36. The van der Waals surface area contributed by atoms with E-state index in [0.29, 0.717) is 12.8 Å². The maximum atomic E-state index is 12.4. The number of carbonyl (C=O) groups is 1. The number of carbonyl (C=O) groups excluding carboxylic acids is 1. The maximum absolute atomic E-state index is 12.4. The highest BCUT2D eigenvalue weighted by atomic mass is 16.1. The van der Waals surface area contributed by atoms with Crippen molar-refractivity contribution in [1.82, 2.24) is 10.2 Å². The van der Waals surface area contributed by atoms with Crippen LogP contribution < -0.4 is 5.73 Å². The van der Waals surface area contributed by atoms with Crippen molar-refractivity contribution in [2.45, 2.75) is 65.7 Å². The summed E-state index contributed by atoms with van der Waals surface area (Å²) in [5, 5.41) is 15.0. The molecule has 0 bridgehead atoms. The second kappa shape index (κ2) is 14.3. The van der Waals surface area contributed by atoms with Crippen LogP contribution in [0.1, 0.15) is 70.7 Å². The van der Waals surface area contributed by atoms with Crippen molar-refractivity contribution in [3.63, 3.8) is 0 Å². The van der Waals surface area contributed by atoms with E-state index in [1.807, 2.05) is 25.2 Å². The summed E-state index contributed by atoms with van der Waals surface area (Å²) in [6.07, 6.45) is 18.4. The molecule has 1 heterocycles. The van der Waals surface area contributed by atoms with Gasteiger partial charge in [-0.2, -0.15) is 5.10 Å². The SMILES string of the molecule is C\C=C/C(=C\C=C\CC)c1cc(CCCC(=O)CC(CCC)/C(C=N)=C/N)[nH]n1. The maximum Gasteiger partial charge on any atom is 0.133 e. The number of hydrogen-bond acceptors (Lipinski definition) is 4. The zero-order valence-electron chi connectivity index (χ0n) is 18.1. The lowest BCUT2D eigenvalue weighted by Gasteiger charge is -2.15. The summed E-state index contributed by atoms with van der Waals surface area (Å²) in [6, 6.07) is 2.06. The molecule has 0 aromatic carbocycles. The fourth-order valence-corrected chi connectivity index (χ4v) is 3.24. The number of aryl methyl sites for hydroxylation is 1. The summed E-state index contributed by atoms with van der Waals surface area (Å²) in [5.74, 6) is 0.280. The third-order valence-electron chi connectivity index (χ3n) is 4.76. The molecule has 0 radical (unpaired) electrons. The second-order valence-electron chi connectivity index (χ2n) is 7.13. The molecular weight excluding hydrogens is 360 g/mol. The van der Waals surface area contributed by atoms with E-state index in [9.17, 15) is 4.79 Å². The van der Waals surface area contributed by atoms with E-state index < -0.39 is 0 Å². The molecule has 1 rings (SSSR count). The summed E-state index contributed by atoms with van der Waals surface area (Å²) >= 11 is 0. The second-order valence-corrected chi connectivity index (χ2v) is 7.13. The Hall–Kier alpha value is -2.69. The molecule has 0 amide bonds. The van der Waals surface area contributed by atoms with Crippen molar-refractivity contribution < 1.29 is 4.79 Å². The van der Waals surface area contributed by atoms with Gasteiger partial charge in [-0.3, -0.25) is 9.89 Å². The Morgan fingerprint density at radius 1 is 1.38 bits per heavy atom. The van der Waals surface area contributed by atoms with Gasteiger partial charge in [-0.25, -0.2) is 0 Å². The number of allylic oxidation sites excluding steroid dienone is 7. The fraction of sp³-hybridized carbons (Fsp3) is 0.458. The molecular formula is C24H36N4O. The number of nitrogens with two attached hydrogens (primary N) is 1. The van der Waals surface area contributed by atoms with Crippen LogP contribution in [0.3, 0.4) is 0 Å². The highest BCUT2D eigenvalue weighted by molar-refractivity contribution is 5.82. The zero-order valence-corrected chi connectivity index (χ0v) is 18.1. The van der Waals surface area contributed by atoms with Crippen LogP contribution in [0.25, 0.3) is 5.57 Å². The Bertz CT molecular complexity index is 753. The number of nitrogens with one attached hydrogen (secondary N) is 2. The lowest BCUT2D eigenvalue weighted by molar-refractivity contribution is -0.119. The normalized spacial score (nSPS) is 14.0. The van der Waals surface area contributed by atoms with E-state index in [2.05, 4.69) is 42.3 Å². The highest BCUT2D eigenvalue weighted by Gasteiger charge is 2.16. The number of Topliss-reactive ketones (excluding diaryl/α,β-unsaturated/α-hetero) is 1. The molecule has 5 heteroatoms. The molecule has 0 aliphatic rings. The first-order valence-corrected chi connectivity index (χ1v) is 10.6. The van der Waals surface area contributed by atoms with Gasteiger partial charge in [0.05, 0.1) is 5.69 Å². The average molecular weight is 397 g/mol. The van der Waals surface area contributed by atoms with Gasteiger partial charge in [0.15, 0.2) is 0 Å². The molecule has 1 unspecified atom stereocenters. The first-order valence-electron chi connectivity index (χ1n) is 10.6. The van der Waals surface area contributed by atoms with Gasteiger partial charge in [-0.15, -0.1) is 0 Å². The summed E-state index contributed by atoms with van der Waals surface area (Å²) in [4.78, 5) is 12.4. The van der Waals surface area contributed by atoms with Crippen molar-refractivity contribution in [2.24, 2.45) is 11.7 Å². The van der Waals surface area contributed by atoms with E-state index >= 15 is 0 Å². The van der Waals surface area contributed by atoms with Crippen molar-refractivity contribution in [3.05, 3.63) is 59.6 Å². The summed E-state index contributed by atoms with van der Waals surface area (Å²) in [6.45, 7) is 6.18. The topological polar surface area (TPSA) is 95.6 Å². The lowest BCUT2D eigenvalue weighted by atomic mass is 9.89. The van der Waals surface area contributed by atoms with Gasteiger partial charge < -0.3 is 11.1 Å². The molecule has 1 atom stereocenters. The van der Waals surface area contributed by atoms with Crippen LogP contribution in [0, 0.1) is 11.3 Å². The number of ketones is 1. The van der Waals surface area contributed by atoms with Crippen molar-refractivity contribution in [3.8, 4) is 0 Å². The van der Waals surface area contributed by atoms with E-state index in [4.69, 9.17) is 11.1 Å². The smallest absolute Gasteiger partial charge is 0.133 e. The molecule has 4 N–H and O–H groups in total. The Labute approximate surface area is 175 Å². The number of rotatable bonds is 14. The summed E-state index contributed by atoms with van der Waals surface area (Å²) in [7, 11) is 0. The Morgan fingerprint density at radius 2 is 2.17 bits per heavy atom. The molecule has 0 aliphatic carbocycles. The van der Waals surface area contributed by atoms with E-state index in [1.54, 1.807) is 0 Å². The average Bonchev–Trinajstić information content (AvgIpc) is 3.17. The number of H-pyrrole nitrogens is 1. The highest BCUT2D eigenvalue weighted by Crippen LogP contribution is 2.21. The lowest BCUT2D eigenvalue weighted by Crippen LogP contribution is -2.13. The van der Waals surface area contributed by atoms with Crippen LogP contribution >= 0.6 is 0 Å². The molecule has 29 heavy (non-hydrogen) atoms. The van der Waals surface area contributed by atoms with Crippen molar-refractivity contribution in [1.29, 1.82) is 5.41 Å². The van der Waals surface area contributed by atoms with E-state index in [0.717, 1.165) is 54.6 Å². The molecule has 0 spiro atoms. The zero-order chi connectivity index (χ0) is 21.5. The third kappa shape index (κ3) is 8.90. The molecule has 0 saturated heterocycles. The Balaban J connectivity index is 2.62. The predicted octanol–water partition coefficient (Wildman–Crippen LogP) is 5.53. The molecule has 0 aliphatic heterocycles. The van der Waals surface area contributed by atoms with Crippen LogP contribution in [-0.2, 0) is 11.2 Å². The van der Waals surface area contributed by atoms with Crippen LogP contribution in [0.4, 0.5) is 0 Å². The van der Waals surface area contributed by atoms with Gasteiger partial charge in [0.1, 0.15) is 5.78 Å². The molecule has 5 nitrogen and oxygen atoms in total. The molecule has 0 fully saturated rings. The van der Waals surface area contributed by atoms with Gasteiger partial charge in [0.2, 0.25) is 0 Å². The fourth-order valence-electron chi connectivity index (χ4n) is 3.24. The predicted molar refractivity (Wildman–Crippen MR) is 123 cm³/mol. The number of hydrogen-bond donors (Lipinski definition) is 3. The van der Waals surface area contributed by atoms with Crippen molar-refractivity contribution >= 4 is 17.6 Å². The van der Waals surface area contributed by atoms with Gasteiger partial charge in [-0.1, -0.05) is 50.6 Å². The van der Waals surface area contributed by atoms with Gasteiger partial charge in [0, 0.05) is 30.3 Å². The molecule has 158 valence electrons. The Kier molecular flexibility index (Phi) is 12.0. The van der Waals surface area contributed by atoms with Gasteiger partial charge in [-0.05, 0) is 56.4 Å². The first kappa shape index (κ1) is 24.3. The number of nitrogens with zero attached hydrogens (tertiary/aromatic N) is 1. The number of aromatic nitrogens is 2. The minimum Gasteiger partial charge on any atom is -0.404 e. The standard InChI is InChI=1S/C24H36N4O/c1-4-7-8-12-19(10-5-2)24-16-22(27-28-24)13-9-14-23(29)15-20(11-6-3)21(17-25)18-26/h5,7-8,10,12,16-18,20,25H,4,6,9,11,13-15,26H2,1-3H3,(H,27,28)/b8-7+,10-5-,19-12+,21-18+,25-17?. The first-order chi connectivity index (χ1) is 14.1. The minimum absolute atomic E-state index is 0.0541. The Morgan fingerprint density at radius 3 is 2.79 bits per heavy atom. The minimum atomic E-state index is 0.0541. The van der Waals surface area contributed by atoms with Gasteiger partial charge in [0.25, 0.3) is 0 Å². The van der Waals surface area contributed by atoms with E-state index in [1.165, 1.54) is 12.4 Å².